The minimum Gasteiger partial charge on any atom is -0.434 e. The van der Waals surface area contributed by atoms with Crippen molar-refractivity contribution in [2.45, 2.75) is 19.8 Å². The lowest BCUT2D eigenvalue weighted by atomic mass is 10.2. The summed E-state index contributed by atoms with van der Waals surface area (Å²) < 4.78 is 9.02. The molecule has 0 unspecified atom stereocenters. The maximum atomic E-state index is 6.01. The van der Waals surface area contributed by atoms with Crippen LogP contribution in [-0.2, 0) is 20.5 Å². The highest BCUT2D eigenvalue weighted by molar-refractivity contribution is 5.54. The van der Waals surface area contributed by atoms with Crippen LogP contribution in [0.15, 0.2) is 12.4 Å². The Bertz CT molecular complexity index is 514. The van der Waals surface area contributed by atoms with Crippen LogP contribution >= 0.6 is 0 Å². The Balaban J connectivity index is 2.26. The zero-order valence-electron chi connectivity index (χ0n) is 10.3. The van der Waals surface area contributed by atoms with Crippen molar-refractivity contribution in [3.8, 4) is 11.6 Å². The molecule has 2 aromatic rings. The van der Waals surface area contributed by atoms with Crippen molar-refractivity contribution in [3.63, 3.8) is 0 Å². The molecule has 0 atom stereocenters. The number of ether oxygens (including phenoxy) is 1. The Kier molecular flexibility index (Phi) is 3.03. The van der Waals surface area contributed by atoms with E-state index < -0.39 is 0 Å². The van der Waals surface area contributed by atoms with Crippen LogP contribution in [-0.4, -0.2) is 19.6 Å². The summed E-state index contributed by atoms with van der Waals surface area (Å²) >= 11 is 0. The third-order valence-corrected chi connectivity index (χ3v) is 2.49. The Morgan fingerprint density at radius 2 is 2.18 bits per heavy atom. The minimum absolute atomic E-state index is 0.571. The van der Waals surface area contributed by atoms with Crippen LogP contribution in [0.25, 0.3) is 0 Å². The van der Waals surface area contributed by atoms with Crippen molar-refractivity contribution >= 4 is 5.69 Å². The molecule has 6 heteroatoms. The van der Waals surface area contributed by atoms with Crippen molar-refractivity contribution in [2.75, 3.05) is 5.73 Å². The lowest BCUT2D eigenvalue weighted by Crippen LogP contribution is -1.96. The molecule has 92 valence electrons. The predicted octanol–water partition coefficient (Wildman–Crippen LogP) is 1.48. The van der Waals surface area contributed by atoms with Gasteiger partial charge < -0.3 is 10.5 Å². The summed E-state index contributed by atoms with van der Waals surface area (Å²) in [5.74, 6) is 1.23. The van der Waals surface area contributed by atoms with E-state index in [1.807, 2.05) is 14.1 Å². The van der Waals surface area contributed by atoms with Gasteiger partial charge in [0.05, 0.1) is 18.1 Å². The van der Waals surface area contributed by atoms with Gasteiger partial charge in [-0.2, -0.15) is 10.2 Å². The van der Waals surface area contributed by atoms with Crippen LogP contribution in [0, 0.1) is 0 Å². The molecule has 0 bridgehead atoms. The van der Waals surface area contributed by atoms with Crippen molar-refractivity contribution < 1.29 is 4.74 Å². The van der Waals surface area contributed by atoms with Gasteiger partial charge in [-0.3, -0.25) is 4.68 Å². The van der Waals surface area contributed by atoms with Gasteiger partial charge in [-0.25, -0.2) is 4.68 Å². The second-order valence-electron chi connectivity index (χ2n) is 3.99. The average molecular weight is 235 g/mol. The summed E-state index contributed by atoms with van der Waals surface area (Å²) in [6.07, 6.45) is 5.29. The number of nitrogens with zero attached hydrogens (tertiary/aromatic N) is 4. The van der Waals surface area contributed by atoms with E-state index in [4.69, 9.17) is 10.5 Å². The van der Waals surface area contributed by atoms with Crippen LogP contribution in [0.4, 0.5) is 5.69 Å². The number of hydrogen-bond donors (Lipinski definition) is 1. The Morgan fingerprint density at radius 3 is 2.76 bits per heavy atom. The number of aryl methyl sites for hydroxylation is 3. The van der Waals surface area contributed by atoms with E-state index in [1.165, 1.54) is 0 Å². The van der Waals surface area contributed by atoms with Gasteiger partial charge in [0, 0.05) is 14.1 Å². The lowest BCUT2D eigenvalue weighted by Gasteiger charge is -2.03. The van der Waals surface area contributed by atoms with Gasteiger partial charge in [0.15, 0.2) is 5.75 Å². The minimum atomic E-state index is 0.571. The molecule has 0 fully saturated rings. The molecule has 2 heterocycles. The van der Waals surface area contributed by atoms with Gasteiger partial charge in [-0.05, 0) is 6.42 Å². The molecule has 2 rings (SSSR count). The van der Waals surface area contributed by atoms with Gasteiger partial charge in [0.25, 0.3) is 0 Å². The number of aromatic nitrogens is 4. The molecule has 0 amide bonds. The van der Waals surface area contributed by atoms with Crippen molar-refractivity contribution in [1.82, 2.24) is 19.6 Å². The fourth-order valence-corrected chi connectivity index (χ4v) is 1.68. The van der Waals surface area contributed by atoms with Gasteiger partial charge in [-0.15, -0.1) is 0 Å². The third kappa shape index (κ3) is 2.25. The van der Waals surface area contributed by atoms with E-state index >= 15 is 0 Å². The van der Waals surface area contributed by atoms with E-state index in [1.54, 1.807) is 21.8 Å². The van der Waals surface area contributed by atoms with Crippen molar-refractivity contribution in [1.29, 1.82) is 0 Å². The number of anilines is 1. The van der Waals surface area contributed by atoms with E-state index in [0.29, 0.717) is 17.3 Å². The van der Waals surface area contributed by atoms with Gasteiger partial charge >= 0.3 is 0 Å². The Labute approximate surface area is 100.0 Å². The Morgan fingerprint density at radius 1 is 1.41 bits per heavy atom. The monoisotopic (exact) mass is 235 g/mol. The molecule has 0 radical (unpaired) electrons. The smallest absolute Gasteiger partial charge is 0.241 e. The number of nitrogens with two attached hydrogens (primary N) is 1. The first-order chi connectivity index (χ1) is 8.11. The number of hydrogen-bond acceptors (Lipinski definition) is 4. The normalized spacial score (nSPS) is 10.8. The van der Waals surface area contributed by atoms with Crippen LogP contribution in [0.3, 0.4) is 0 Å². The predicted molar refractivity (Wildman–Crippen MR) is 64.9 cm³/mol. The van der Waals surface area contributed by atoms with E-state index in [9.17, 15) is 0 Å². The highest BCUT2D eigenvalue weighted by Gasteiger charge is 2.15. The van der Waals surface area contributed by atoms with Crippen molar-refractivity contribution in [3.05, 3.63) is 18.1 Å². The topological polar surface area (TPSA) is 70.9 Å². The highest BCUT2D eigenvalue weighted by atomic mass is 16.5. The quantitative estimate of drug-likeness (QED) is 0.871. The second kappa shape index (κ2) is 4.48. The summed E-state index contributed by atoms with van der Waals surface area (Å²) in [4.78, 5) is 0. The summed E-state index contributed by atoms with van der Waals surface area (Å²) in [6, 6.07) is 0. The summed E-state index contributed by atoms with van der Waals surface area (Å²) in [5, 5.41) is 8.38. The van der Waals surface area contributed by atoms with Gasteiger partial charge in [-0.1, -0.05) is 13.3 Å². The van der Waals surface area contributed by atoms with E-state index in [0.717, 1.165) is 18.5 Å². The molecule has 0 aliphatic carbocycles. The first kappa shape index (κ1) is 11.5. The molecule has 2 aromatic heterocycles. The summed E-state index contributed by atoms with van der Waals surface area (Å²) in [5.41, 5.74) is 7.50. The molecule has 0 spiro atoms. The summed E-state index contributed by atoms with van der Waals surface area (Å²) in [6.45, 7) is 2.09. The molecule has 0 aromatic carbocycles. The first-order valence-electron chi connectivity index (χ1n) is 5.59. The molecule has 0 aliphatic rings. The maximum Gasteiger partial charge on any atom is 0.241 e. The zero-order valence-corrected chi connectivity index (χ0v) is 10.3. The van der Waals surface area contributed by atoms with Crippen LogP contribution in [0.2, 0.25) is 0 Å². The first-order valence-corrected chi connectivity index (χ1v) is 5.59. The maximum absolute atomic E-state index is 6.01. The van der Waals surface area contributed by atoms with Crippen LogP contribution < -0.4 is 10.5 Å². The fourth-order valence-electron chi connectivity index (χ4n) is 1.68. The SMILES string of the molecule is CCCc1nn(C)c(Oc2cnn(C)c2)c1N. The van der Waals surface area contributed by atoms with Gasteiger partial charge in [0.2, 0.25) is 5.88 Å². The standard InChI is InChI=1S/C11H17N5O/c1-4-5-9-10(12)11(16(3)14-9)17-8-6-13-15(2)7-8/h6-7H,4-5,12H2,1-3H3. The van der Waals surface area contributed by atoms with E-state index in [-0.39, 0.29) is 0 Å². The third-order valence-electron chi connectivity index (χ3n) is 2.49. The van der Waals surface area contributed by atoms with Gasteiger partial charge in [0.1, 0.15) is 5.69 Å². The van der Waals surface area contributed by atoms with Crippen LogP contribution in [0.5, 0.6) is 11.6 Å². The lowest BCUT2D eigenvalue weighted by molar-refractivity contribution is 0.432. The fraction of sp³-hybridized carbons (Fsp3) is 0.455. The molecule has 0 saturated carbocycles. The molecule has 2 N–H and O–H groups in total. The number of rotatable bonds is 4. The highest BCUT2D eigenvalue weighted by Crippen LogP contribution is 2.29. The number of nitrogen functional groups attached to an aromatic ring is 1. The summed E-state index contributed by atoms with van der Waals surface area (Å²) in [7, 11) is 3.66. The Hall–Kier alpha value is -1.98. The van der Waals surface area contributed by atoms with E-state index in [2.05, 4.69) is 17.1 Å². The molecule has 0 saturated heterocycles. The molecule has 6 nitrogen and oxygen atoms in total. The average Bonchev–Trinajstić information content (AvgIpc) is 2.79. The zero-order chi connectivity index (χ0) is 12.4. The van der Waals surface area contributed by atoms with Crippen LogP contribution in [0.1, 0.15) is 19.0 Å². The molecular formula is C11H17N5O. The molecular weight excluding hydrogens is 218 g/mol. The largest absolute Gasteiger partial charge is 0.434 e. The molecule has 17 heavy (non-hydrogen) atoms. The molecule has 0 aliphatic heterocycles. The van der Waals surface area contributed by atoms with Crippen molar-refractivity contribution in [2.24, 2.45) is 14.1 Å². The second-order valence-corrected chi connectivity index (χ2v) is 3.99.